The van der Waals surface area contributed by atoms with E-state index in [0.29, 0.717) is 6.42 Å². The summed E-state index contributed by atoms with van der Waals surface area (Å²) in [6.45, 7) is 3.71. The first-order chi connectivity index (χ1) is 5.12. The third-order valence-corrected chi connectivity index (χ3v) is 1.91. The number of aliphatic hydroxyl groups excluding tert-OH is 1. The Hall–Kier alpha value is -0.0800. The van der Waals surface area contributed by atoms with E-state index < -0.39 is 5.60 Å². The summed E-state index contributed by atoms with van der Waals surface area (Å²) in [5.74, 6) is 0. The molecule has 2 heteroatoms. The van der Waals surface area contributed by atoms with Crippen LogP contribution >= 0.6 is 0 Å². The Kier molecular flexibility index (Phi) is 5.51. The van der Waals surface area contributed by atoms with Crippen LogP contribution in [0.4, 0.5) is 0 Å². The van der Waals surface area contributed by atoms with E-state index in [-0.39, 0.29) is 6.61 Å². The molecule has 11 heavy (non-hydrogen) atoms. The molecule has 0 rings (SSSR count). The maximum atomic E-state index is 9.37. The SMILES string of the molecule is CCCCCCC(C)(O)CO. The summed E-state index contributed by atoms with van der Waals surface area (Å²) in [6, 6.07) is 0. The number of unbranched alkanes of at least 4 members (excludes halogenated alkanes) is 3. The Morgan fingerprint density at radius 2 is 1.82 bits per heavy atom. The van der Waals surface area contributed by atoms with Gasteiger partial charge in [-0.3, -0.25) is 0 Å². The molecule has 0 aromatic carbocycles. The van der Waals surface area contributed by atoms with E-state index in [2.05, 4.69) is 6.92 Å². The van der Waals surface area contributed by atoms with Gasteiger partial charge in [-0.2, -0.15) is 0 Å². The lowest BCUT2D eigenvalue weighted by molar-refractivity contribution is -0.00693. The zero-order valence-corrected chi connectivity index (χ0v) is 7.64. The van der Waals surface area contributed by atoms with E-state index in [0.717, 1.165) is 12.8 Å². The smallest absolute Gasteiger partial charge is 0.0849 e. The summed E-state index contributed by atoms with van der Waals surface area (Å²) in [5, 5.41) is 18.1. The van der Waals surface area contributed by atoms with Crippen molar-refractivity contribution in [1.82, 2.24) is 0 Å². The second-order valence-corrected chi connectivity index (χ2v) is 3.47. The second-order valence-electron chi connectivity index (χ2n) is 3.47. The average molecular weight is 160 g/mol. The Morgan fingerprint density at radius 3 is 2.27 bits per heavy atom. The molecule has 0 aromatic heterocycles. The van der Waals surface area contributed by atoms with E-state index in [4.69, 9.17) is 5.11 Å². The maximum Gasteiger partial charge on any atom is 0.0849 e. The van der Waals surface area contributed by atoms with Crippen LogP contribution < -0.4 is 0 Å². The molecule has 2 nitrogen and oxygen atoms in total. The molecule has 0 aliphatic rings. The van der Waals surface area contributed by atoms with Crippen molar-refractivity contribution in [3.63, 3.8) is 0 Å². The van der Waals surface area contributed by atoms with Crippen molar-refractivity contribution in [2.45, 2.75) is 51.6 Å². The second kappa shape index (κ2) is 5.56. The van der Waals surface area contributed by atoms with E-state index in [9.17, 15) is 5.11 Å². The van der Waals surface area contributed by atoms with Crippen LogP contribution in [0.2, 0.25) is 0 Å². The quantitative estimate of drug-likeness (QED) is 0.581. The molecule has 0 spiro atoms. The minimum absolute atomic E-state index is 0.126. The fraction of sp³-hybridized carbons (Fsp3) is 1.00. The highest BCUT2D eigenvalue weighted by Crippen LogP contribution is 2.13. The van der Waals surface area contributed by atoms with Crippen molar-refractivity contribution in [1.29, 1.82) is 0 Å². The Balaban J connectivity index is 3.23. The summed E-state index contributed by atoms with van der Waals surface area (Å²) < 4.78 is 0. The van der Waals surface area contributed by atoms with Gasteiger partial charge in [0.05, 0.1) is 12.2 Å². The molecule has 0 saturated heterocycles. The average Bonchev–Trinajstić information content (AvgIpc) is 1.99. The van der Waals surface area contributed by atoms with E-state index in [1.807, 2.05) is 0 Å². The first-order valence-electron chi connectivity index (χ1n) is 4.45. The van der Waals surface area contributed by atoms with Crippen molar-refractivity contribution in [3.05, 3.63) is 0 Å². The Labute approximate surface area is 69.2 Å². The monoisotopic (exact) mass is 160 g/mol. The van der Waals surface area contributed by atoms with Gasteiger partial charge in [0.25, 0.3) is 0 Å². The van der Waals surface area contributed by atoms with Crippen LogP contribution in [0.1, 0.15) is 46.0 Å². The van der Waals surface area contributed by atoms with Crippen LogP contribution in [0.15, 0.2) is 0 Å². The molecule has 0 radical (unpaired) electrons. The van der Waals surface area contributed by atoms with Gasteiger partial charge in [-0.25, -0.2) is 0 Å². The third-order valence-electron chi connectivity index (χ3n) is 1.91. The molecule has 0 fully saturated rings. The van der Waals surface area contributed by atoms with Crippen molar-refractivity contribution >= 4 is 0 Å². The van der Waals surface area contributed by atoms with Crippen molar-refractivity contribution in [3.8, 4) is 0 Å². The lowest BCUT2D eigenvalue weighted by atomic mass is 9.99. The summed E-state index contributed by atoms with van der Waals surface area (Å²) in [4.78, 5) is 0. The Morgan fingerprint density at radius 1 is 1.18 bits per heavy atom. The van der Waals surface area contributed by atoms with Crippen LogP contribution in [0.25, 0.3) is 0 Å². The fourth-order valence-corrected chi connectivity index (χ4v) is 1.01. The van der Waals surface area contributed by atoms with E-state index in [1.54, 1.807) is 6.92 Å². The molecule has 0 bridgehead atoms. The van der Waals surface area contributed by atoms with Crippen LogP contribution in [0.3, 0.4) is 0 Å². The summed E-state index contributed by atoms with van der Waals surface area (Å²) in [5.41, 5.74) is -0.853. The highest BCUT2D eigenvalue weighted by molar-refractivity contribution is 4.69. The fourth-order valence-electron chi connectivity index (χ4n) is 1.01. The molecule has 0 aliphatic heterocycles. The van der Waals surface area contributed by atoms with Crippen LogP contribution in [-0.4, -0.2) is 22.4 Å². The largest absolute Gasteiger partial charge is 0.393 e. The molecule has 1 unspecified atom stereocenters. The van der Waals surface area contributed by atoms with E-state index in [1.165, 1.54) is 12.8 Å². The first kappa shape index (κ1) is 10.9. The predicted molar refractivity (Wildman–Crippen MR) is 46.5 cm³/mol. The minimum Gasteiger partial charge on any atom is -0.393 e. The highest BCUT2D eigenvalue weighted by Gasteiger charge is 2.17. The lowest BCUT2D eigenvalue weighted by Crippen LogP contribution is -2.28. The predicted octanol–water partition coefficient (Wildman–Crippen LogP) is 1.70. The zero-order chi connectivity index (χ0) is 8.74. The van der Waals surface area contributed by atoms with Gasteiger partial charge in [0.1, 0.15) is 0 Å². The van der Waals surface area contributed by atoms with Crippen LogP contribution in [-0.2, 0) is 0 Å². The van der Waals surface area contributed by atoms with Crippen molar-refractivity contribution in [2.75, 3.05) is 6.61 Å². The van der Waals surface area contributed by atoms with Gasteiger partial charge >= 0.3 is 0 Å². The maximum absolute atomic E-state index is 9.37. The molecule has 2 N–H and O–H groups in total. The van der Waals surface area contributed by atoms with Gasteiger partial charge in [0.15, 0.2) is 0 Å². The number of hydrogen-bond donors (Lipinski definition) is 2. The van der Waals surface area contributed by atoms with Gasteiger partial charge in [0.2, 0.25) is 0 Å². The third kappa shape index (κ3) is 6.32. The van der Waals surface area contributed by atoms with Crippen molar-refractivity contribution in [2.24, 2.45) is 0 Å². The molecule has 68 valence electrons. The van der Waals surface area contributed by atoms with Gasteiger partial charge in [-0.1, -0.05) is 32.6 Å². The van der Waals surface area contributed by atoms with Gasteiger partial charge in [0, 0.05) is 0 Å². The lowest BCUT2D eigenvalue weighted by Gasteiger charge is -2.19. The molecule has 0 amide bonds. The molecule has 1 atom stereocenters. The Bertz CT molecular complexity index is 89.6. The topological polar surface area (TPSA) is 40.5 Å². The molecule has 0 heterocycles. The number of aliphatic hydroxyl groups is 2. The molecule has 0 aromatic rings. The van der Waals surface area contributed by atoms with Crippen LogP contribution in [0.5, 0.6) is 0 Å². The molecule has 0 saturated carbocycles. The normalized spacial score (nSPS) is 16.4. The standard InChI is InChI=1S/C9H20O2/c1-3-4-5-6-7-9(2,11)8-10/h10-11H,3-8H2,1-2H3. The van der Waals surface area contributed by atoms with Gasteiger partial charge < -0.3 is 10.2 Å². The zero-order valence-electron chi connectivity index (χ0n) is 7.64. The molecular formula is C9H20O2. The van der Waals surface area contributed by atoms with E-state index >= 15 is 0 Å². The minimum atomic E-state index is -0.853. The highest BCUT2D eigenvalue weighted by atomic mass is 16.3. The molecule has 0 aliphatic carbocycles. The summed E-state index contributed by atoms with van der Waals surface area (Å²) >= 11 is 0. The number of hydrogen-bond acceptors (Lipinski definition) is 2. The van der Waals surface area contributed by atoms with Crippen molar-refractivity contribution < 1.29 is 10.2 Å². The summed E-state index contributed by atoms with van der Waals surface area (Å²) in [6.07, 6.45) is 5.32. The van der Waals surface area contributed by atoms with Gasteiger partial charge in [-0.05, 0) is 13.3 Å². The molecular weight excluding hydrogens is 140 g/mol. The van der Waals surface area contributed by atoms with Crippen LogP contribution in [0, 0.1) is 0 Å². The number of rotatable bonds is 6. The first-order valence-corrected chi connectivity index (χ1v) is 4.45. The van der Waals surface area contributed by atoms with Gasteiger partial charge in [-0.15, -0.1) is 0 Å². The summed E-state index contributed by atoms with van der Waals surface area (Å²) in [7, 11) is 0.